The van der Waals surface area contributed by atoms with Gasteiger partial charge < -0.3 is 14.2 Å². The summed E-state index contributed by atoms with van der Waals surface area (Å²) in [6, 6.07) is 15.3. The number of halogens is 3. The molecule has 11 heteroatoms. The van der Waals surface area contributed by atoms with Crippen molar-refractivity contribution >= 4 is 21.6 Å². The second-order valence-electron chi connectivity index (χ2n) is 8.77. The number of piperazine rings is 1. The summed E-state index contributed by atoms with van der Waals surface area (Å²) in [6.07, 6.45) is -0.514. The molecule has 0 N–H and O–H groups in total. The first-order chi connectivity index (χ1) is 18.2. The minimum Gasteiger partial charge on any atom is -0.493 e. The molecule has 3 aromatic rings. The van der Waals surface area contributed by atoms with E-state index in [1.165, 1.54) is 48.9 Å². The van der Waals surface area contributed by atoms with Crippen molar-refractivity contribution in [2.45, 2.75) is 17.6 Å². The first-order valence-corrected chi connectivity index (χ1v) is 13.8. The molecule has 1 aliphatic rings. The fourth-order valence-electron chi connectivity index (χ4n) is 4.30. The summed E-state index contributed by atoms with van der Waals surface area (Å²) in [4.78, 5) is 2.19. The predicted molar refractivity (Wildman–Crippen MR) is 140 cm³/mol. The van der Waals surface area contributed by atoms with Gasteiger partial charge in [-0.25, -0.2) is 17.2 Å². The van der Waals surface area contributed by atoms with Crippen LogP contribution in [0.25, 0.3) is 0 Å². The lowest BCUT2D eigenvalue weighted by molar-refractivity contribution is 0.00546. The molecule has 0 bridgehead atoms. The fraction of sp³-hybridized carbons (Fsp3) is 0.333. The van der Waals surface area contributed by atoms with E-state index in [0.717, 1.165) is 5.56 Å². The molecule has 0 saturated carbocycles. The zero-order chi connectivity index (χ0) is 27.3. The molecule has 0 spiro atoms. The van der Waals surface area contributed by atoms with Crippen LogP contribution in [0.2, 0.25) is 5.02 Å². The smallest absolute Gasteiger partial charge is 0.243 e. The third kappa shape index (κ3) is 6.44. The number of rotatable bonds is 10. The van der Waals surface area contributed by atoms with Crippen LogP contribution in [0.15, 0.2) is 65.6 Å². The average molecular weight is 567 g/mol. The topological polar surface area (TPSA) is 68.3 Å². The largest absolute Gasteiger partial charge is 0.493 e. The molecule has 38 heavy (non-hydrogen) atoms. The molecule has 7 nitrogen and oxygen atoms in total. The Labute approximate surface area is 226 Å². The number of hydrogen-bond acceptors (Lipinski definition) is 6. The number of hydrogen-bond donors (Lipinski definition) is 0. The van der Waals surface area contributed by atoms with Crippen molar-refractivity contribution in [2.24, 2.45) is 0 Å². The Morgan fingerprint density at radius 1 is 0.895 bits per heavy atom. The van der Waals surface area contributed by atoms with Gasteiger partial charge in [-0.15, -0.1) is 0 Å². The summed E-state index contributed by atoms with van der Waals surface area (Å²) < 4.78 is 72.8. The summed E-state index contributed by atoms with van der Waals surface area (Å²) in [6.45, 7) is 1.60. The van der Waals surface area contributed by atoms with Crippen LogP contribution in [0.1, 0.15) is 17.2 Å². The van der Waals surface area contributed by atoms with E-state index < -0.39 is 27.8 Å². The molecule has 1 aliphatic heterocycles. The third-order valence-electron chi connectivity index (χ3n) is 6.48. The van der Waals surface area contributed by atoms with Crippen LogP contribution in [0.5, 0.6) is 11.5 Å². The minimum atomic E-state index is -3.74. The van der Waals surface area contributed by atoms with Gasteiger partial charge in [0.1, 0.15) is 11.6 Å². The van der Waals surface area contributed by atoms with Crippen molar-refractivity contribution in [1.29, 1.82) is 0 Å². The van der Waals surface area contributed by atoms with E-state index in [9.17, 15) is 17.2 Å². The Kier molecular flexibility index (Phi) is 9.22. The van der Waals surface area contributed by atoms with Gasteiger partial charge in [0, 0.05) is 49.4 Å². The van der Waals surface area contributed by atoms with E-state index in [-0.39, 0.29) is 30.2 Å². The van der Waals surface area contributed by atoms with Crippen molar-refractivity contribution in [3.8, 4) is 11.5 Å². The molecule has 3 aromatic carbocycles. The number of methoxy groups -OCH3 is 2. The Bertz CT molecular complexity index is 1330. The summed E-state index contributed by atoms with van der Waals surface area (Å²) in [5.41, 5.74) is 0.656. The second-order valence-corrected chi connectivity index (χ2v) is 11.1. The van der Waals surface area contributed by atoms with Crippen molar-refractivity contribution in [2.75, 3.05) is 46.9 Å². The van der Waals surface area contributed by atoms with Gasteiger partial charge in [0.15, 0.2) is 11.5 Å². The fourth-order valence-corrected chi connectivity index (χ4v) is 5.86. The highest BCUT2D eigenvalue weighted by Gasteiger charge is 2.30. The molecular formula is C27H29ClF2N2O5S. The van der Waals surface area contributed by atoms with Gasteiger partial charge in [-0.05, 0) is 42.0 Å². The molecular weight excluding hydrogens is 538 g/mol. The molecule has 1 saturated heterocycles. The van der Waals surface area contributed by atoms with Crippen LogP contribution < -0.4 is 9.47 Å². The molecule has 204 valence electrons. The van der Waals surface area contributed by atoms with Gasteiger partial charge in [0.25, 0.3) is 0 Å². The molecule has 1 heterocycles. The average Bonchev–Trinajstić information content (AvgIpc) is 2.92. The lowest BCUT2D eigenvalue weighted by atomic mass is 10.1. The van der Waals surface area contributed by atoms with Crippen molar-refractivity contribution < 1.29 is 31.4 Å². The van der Waals surface area contributed by atoms with Gasteiger partial charge in [0.05, 0.1) is 31.8 Å². The number of sulfonamides is 1. The van der Waals surface area contributed by atoms with Gasteiger partial charge in [-0.1, -0.05) is 29.8 Å². The molecule has 0 amide bonds. The summed E-state index contributed by atoms with van der Waals surface area (Å²) in [5, 5.41) is 0.557. The maximum atomic E-state index is 14.2. The SMILES string of the molecule is COc1ccc(S(=O)(=O)N2CCN(CC(OCc3c(F)cccc3F)c3ccc(Cl)cc3)CC2)cc1OC. The van der Waals surface area contributed by atoms with Crippen LogP contribution in [0, 0.1) is 11.6 Å². The lowest BCUT2D eigenvalue weighted by Crippen LogP contribution is -2.49. The highest BCUT2D eigenvalue weighted by Crippen LogP contribution is 2.31. The molecule has 0 aliphatic carbocycles. The van der Waals surface area contributed by atoms with E-state index in [0.29, 0.717) is 36.2 Å². The second kappa shape index (κ2) is 12.4. The first kappa shape index (κ1) is 28.3. The maximum Gasteiger partial charge on any atom is 0.243 e. The first-order valence-electron chi connectivity index (χ1n) is 12.0. The summed E-state index contributed by atoms with van der Waals surface area (Å²) in [5.74, 6) is -0.566. The lowest BCUT2D eigenvalue weighted by Gasteiger charge is -2.36. The molecule has 0 aromatic heterocycles. The van der Waals surface area contributed by atoms with Gasteiger partial charge in [-0.2, -0.15) is 4.31 Å². The number of nitrogens with zero attached hydrogens (tertiary/aromatic N) is 2. The van der Waals surface area contributed by atoms with Crippen molar-refractivity contribution in [3.05, 3.63) is 88.4 Å². The van der Waals surface area contributed by atoms with E-state index >= 15 is 0 Å². The molecule has 4 rings (SSSR count). The molecule has 0 radical (unpaired) electrons. The standard InChI is InChI=1S/C27H29ClF2N2O5S/c1-35-25-11-10-21(16-26(25)36-2)38(33,34)32-14-12-31(13-15-32)17-27(19-6-8-20(28)9-7-19)37-18-22-23(29)4-3-5-24(22)30/h3-11,16,27H,12-15,17-18H2,1-2H3. The van der Waals surface area contributed by atoms with Gasteiger partial charge in [-0.3, -0.25) is 4.90 Å². The number of ether oxygens (including phenoxy) is 3. The van der Waals surface area contributed by atoms with Gasteiger partial charge in [0.2, 0.25) is 10.0 Å². The third-order valence-corrected chi connectivity index (χ3v) is 8.63. The van der Waals surface area contributed by atoms with E-state index in [1.54, 1.807) is 18.2 Å². The quantitative estimate of drug-likeness (QED) is 0.348. The predicted octanol–water partition coefficient (Wildman–Crippen LogP) is 4.90. The summed E-state index contributed by atoms with van der Waals surface area (Å²) >= 11 is 6.04. The summed E-state index contributed by atoms with van der Waals surface area (Å²) in [7, 11) is -0.806. The normalized spacial score (nSPS) is 15.8. The Morgan fingerprint density at radius 3 is 2.13 bits per heavy atom. The van der Waals surface area contributed by atoms with E-state index in [2.05, 4.69) is 4.90 Å². The molecule has 1 atom stereocenters. The van der Waals surface area contributed by atoms with Crippen LogP contribution in [0.3, 0.4) is 0 Å². The van der Waals surface area contributed by atoms with Crippen LogP contribution >= 0.6 is 11.6 Å². The van der Waals surface area contributed by atoms with Crippen molar-refractivity contribution in [3.63, 3.8) is 0 Å². The highest BCUT2D eigenvalue weighted by molar-refractivity contribution is 7.89. The number of benzene rings is 3. The minimum absolute atomic E-state index is 0.123. The van der Waals surface area contributed by atoms with E-state index in [4.69, 9.17) is 25.8 Å². The van der Waals surface area contributed by atoms with Crippen LogP contribution in [0.4, 0.5) is 8.78 Å². The molecule has 1 unspecified atom stereocenters. The Balaban J connectivity index is 1.45. The monoisotopic (exact) mass is 566 g/mol. The van der Waals surface area contributed by atoms with Gasteiger partial charge >= 0.3 is 0 Å². The zero-order valence-electron chi connectivity index (χ0n) is 21.1. The van der Waals surface area contributed by atoms with Crippen LogP contribution in [-0.4, -0.2) is 64.6 Å². The van der Waals surface area contributed by atoms with E-state index in [1.807, 2.05) is 12.1 Å². The van der Waals surface area contributed by atoms with Crippen molar-refractivity contribution in [1.82, 2.24) is 9.21 Å². The Hall–Kier alpha value is -2.76. The Morgan fingerprint density at radius 2 is 1.53 bits per heavy atom. The highest BCUT2D eigenvalue weighted by atomic mass is 35.5. The van der Waals surface area contributed by atoms with Crippen LogP contribution in [-0.2, 0) is 21.4 Å². The maximum absolute atomic E-state index is 14.2. The molecule has 1 fully saturated rings. The zero-order valence-corrected chi connectivity index (χ0v) is 22.6.